The minimum absolute atomic E-state index is 0.0290. The number of benzene rings is 1. The molecule has 0 radical (unpaired) electrons. The minimum Gasteiger partial charge on any atom is -0.496 e. The summed E-state index contributed by atoms with van der Waals surface area (Å²) in [5.41, 5.74) is 5.79. The summed E-state index contributed by atoms with van der Waals surface area (Å²) in [5.74, 6) is 0.425. The zero-order chi connectivity index (χ0) is 10.7. The van der Waals surface area contributed by atoms with Gasteiger partial charge in [0.2, 0.25) is 0 Å². The van der Waals surface area contributed by atoms with Crippen LogP contribution >= 0.6 is 15.9 Å². The molecule has 0 aliphatic heterocycles. The summed E-state index contributed by atoms with van der Waals surface area (Å²) >= 11 is 3.16. The zero-order valence-electron chi connectivity index (χ0n) is 7.49. The number of nitrogens with zero attached hydrogens (tertiary/aromatic N) is 1. The molecule has 0 aliphatic rings. The lowest BCUT2D eigenvalue weighted by molar-refractivity contribution is -0.385. The van der Waals surface area contributed by atoms with Gasteiger partial charge in [-0.15, -0.1) is 0 Å². The fraction of sp³-hybridized carbons (Fsp3) is 0.250. The molecule has 1 aromatic carbocycles. The van der Waals surface area contributed by atoms with Crippen LogP contribution in [0.25, 0.3) is 0 Å². The molecule has 0 spiro atoms. The Morgan fingerprint density at radius 1 is 1.64 bits per heavy atom. The zero-order valence-corrected chi connectivity index (χ0v) is 9.08. The Labute approximate surface area is 89.1 Å². The van der Waals surface area contributed by atoms with Crippen LogP contribution < -0.4 is 10.5 Å². The van der Waals surface area contributed by atoms with Gasteiger partial charge >= 0.3 is 0 Å². The number of hydrogen-bond donors (Lipinski definition) is 1. The van der Waals surface area contributed by atoms with E-state index in [9.17, 15) is 10.1 Å². The van der Waals surface area contributed by atoms with Crippen LogP contribution in [0.1, 0.15) is 5.56 Å². The first-order valence-electron chi connectivity index (χ1n) is 3.81. The first-order valence-corrected chi connectivity index (χ1v) is 4.60. The number of halogens is 1. The molecule has 0 aliphatic carbocycles. The third-order valence-corrected chi connectivity index (χ3v) is 2.23. The molecule has 14 heavy (non-hydrogen) atoms. The van der Waals surface area contributed by atoms with Crippen molar-refractivity contribution < 1.29 is 9.66 Å². The van der Waals surface area contributed by atoms with Crippen LogP contribution in [0.15, 0.2) is 16.6 Å². The Bertz CT molecular complexity index is 368. The predicted octanol–water partition coefficient (Wildman–Crippen LogP) is 1.82. The molecule has 0 amide bonds. The molecular formula is C8H9BrN2O3. The first kappa shape index (κ1) is 10.9. The molecule has 0 bridgehead atoms. The van der Waals surface area contributed by atoms with Gasteiger partial charge in [0.15, 0.2) is 0 Å². The lowest BCUT2D eigenvalue weighted by atomic mass is 10.1. The smallest absolute Gasteiger partial charge is 0.278 e. The second-order valence-corrected chi connectivity index (χ2v) is 3.48. The van der Waals surface area contributed by atoms with E-state index in [-0.39, 0.29) is 12.2 Å². The molecule has 0 atom stereocenters. The highest BCUT2D eigenvalue weighted by atomic mass is 79.9. The second-order valence-electron chi connectivity index (χ2n) is 2.57. The Hall–Kier alpha value is -1.14. The fourth-order valence-electron chi connectivity index (χ4n) is 1.15. The van der Waals surface area contributed by atoms with E-state index in [1.807, 2.05) is 0 Å². The van der Waals surface area contributed by atoms with Crippen molar-refractivity contribution in [1.29, 1.82) is 0 Å². The van der Waals surface area contributed by atoms with Gasteiger partial charge in [-0.2, -0.15) is 0 Å². The van der Waals surface area contributed by atoms with Crippen LogP contribution in [0.2, 0.25) is 0 Å². The summed E-state index contributed by atoms with van der Waals surface area (Å²) < 4.78 is 5.59. The predicted molar refractivity (Wildman–Crippen MR) is 55.2 cm³/mol. The Balaban J connectivity index is 3.39. The van der Waals surface area contributed by atoms with E-state index >= 15 is 0 Å². The minimum atomic E-state index is -0.477. The second kappa shape index (κ2) is 4.39. The molecule has 1 rings (SSSR count). The number of ether oxygens (including phenoxy) is 1. The molecule has 0 saturated heterocycles. The van der Waals surface area contributed by atoms with Gasteiger partial charge in [-0.25, -0.2) is 0 Å². The van der Waals surface area contributed by atoms with E-state index in [4.69, 9.17) is 10.5 Å². The third-order valence-electron chi connectivity index (χ3n) is 1.77. The Kier molecular flexibility index (Phi) is 3.43. The lowest BCUT2D eigenvalue weighted by Crippen LogP contribution is -2.04. The molecule has 0 fully saturated rings. The number of hydrogen-bond acceptors (Lipinski definition) is 4. The molecule has 76 valence electrons. The largest absolute Gasteiger partial charge is 0.496 e. The van der Waals surface area contributed by atoms with E-state index in [0.717, 1.165) is 0 Å². The quantitative estimate of drug-likeness (QED) is 0.664. The molecule has 0 saturated carbocycles. The summed E-state index contributed by atoms with van der Waals surface area (Å²) in [7, 11) is 1.45. The number of nitro benzene ring substituents is 1. The SMILES string of the molecule is COc1cc(Br)cc([N+](=O)[O-])c1CN. The monoisotopic (exact) mass is 260 g/mol. The number of nitro groups is 1. The summed E-state index contributed by atoms with van der Waals surface area (Å²) in [6.07, 6.45) is 0. The number of rotatable bonds is 3. The van der Waals surface area contributed by atoms with Crippen LogP contribution in [-0.4, -0.2) is 12.0 Å². The molecule has 0 unspecified atom stereocenters. The van der Waals surface area contributed by atoms with Crippen molar-refractivity contribution in [3.05, 3.63) is 32.3 Å². The van der Waals surface area contributed by atoms with Crippen LogP contribution in [-0.2, 0) is 6.54 Å². The van der Waals surface area contributed by atoms with E-state index in [0.29, 0.717) is 15.8 Å². The lowest BCUT2D eigenvalue weighted by Gasteiger charge is -2.07. The highest BCUT2D eigenvalue weighted by molar-refractivity contribution is 9.10. The van der Waals surface area contributed by atoms with Crippen molar-refractivity contribution in [3.63, 3.8) is 0 Å². The third kappa shape index (κ3) is 2.02. The molecule has 6 heteroatoms. The van der Waals surface area contributed by atoms with E-state index in [2.05, 4.69) is 15.9 Å². The van der Waals surface area contributed by atoms with Crippen molar-refractivity contribution in [1.82, 2.24) is 0 Å². The van der Waals surface area contributed by atoms with Crippen LogP contribution in [0.4, 0.5) is 5.69 Å². The highest BCUT2D eigenvalue weighted by Gasteiger charge is 2.18. The summed E-state index contributed by atoms with van der Waals surface area (Å²) in [5, 5.41) is 10.7. The van der Waals surface area contributed by atoms with E-state index < -0.39 is 4.92 Å². The molecule has 2 N–H and O–H groups in total. The maximum Gasteiger partial charge on any atom is 0.278 e. The van der Waals surface area contributed by atoms with Gasteiger partial charge in [0.05, 0.1) is 17.6 Å². The Morgan fingerprint density at radius 3 is 2.71 bits per heavy atom. The average Bonchev–Trinajstić information content (AvgIpc) is 2.16. The van der Waals surface area contributed by atoms with Crippen LogP contribution in [0, 0.1) is 10.1 Å². The van der Waals surface area contributed by atoms with Gasteiger partial charge < -0.3 is 10.5 Å². The normalized spacial score (nSPS) is 9.93. The maximum absolute atomic E-state index is 10.7. The molecule has 1 aromatic rings. The van der Waals surface area contributed by atoms with Gasteiger partial charge in [-0.3, -0.25) is 10.1 Å². The molecular weight excluding hydrogens is 252 g/mol. The fourth-order valence-corrected chi connectivity index (χ4v) is 1.57. The summed E-state index contributed by atoms with van der Waals surface area (Å²) in [6, 6.07) is 3.06. The summed E-state index contributed by atoms with van der Waals surface area (Å²) in [4.78, 5) is 10.2. The van der Waals surface area contributed by atoms with Crippen molar-refractivity contribution >= 4 is 21.6 Å². The van der Waals surface area contributed by atoms with Crippen molar-refractivity contribution in [2.45, 2.75) is 6.54 Å². The molecule has 0 aromatic heterocycles. The average molecular weight is 261 g/mol. The van der Waals surface area contributed by atoms with Gasteiger partial charge in [0.1, 0.15) is 5.75 Å². The van der Waals surface area contributed by atoms with Crippen molar-refractivity contribution in [2.24, 2.45) is 5.73 Å². The molecule has 5 nitrogen and oxygen atoms in total. The number of nitrogens with two attached hydrogens (primary N) is 1. The molecule has 0 heterocycles. The van der Waals surface area contributed by atoms with Gasteiger partial charge in [0.25, 0.3) is 5.69 Å². The van der Waals surface area contributed by atoms with Crippen molar-refractivity contribution in [2.75, 3.05) is 7.11 Å². The highest BCUT2D eigenvalue weighted by Crippen LogP contribution is 2.32. The van der Waals surface area contributed by atoms with Crippen LogP contribution in [0.3, 0.4) is 0 Å². The van der Waals surface area contributed by atoms with E-state index in [1.54, 1.807) is 6.07 Å². The summed E-state index contributed by atoms with van der Waals surface area (Å²) in [6.45, 7) is 0.0762. The van der Waals surface area contributed by atoms with Gasteiger partial charge in [-0.1, -0.05) is 15.9 Å². The van der Waals surface area contributed by atoms with Gasteiger partial charge in [0, 0.05) is 17.1 Å². The Morgan fingerprint density at radius 2 is 2.29 bits per heavy atom. The standard InChI is InChI=1S/C8H9BrN2O3/c1-14-8-3-5(9)2-7(11(12)13)6(8)4-10/h2-3H,4,10H2,1H3. The van der Waals surface area contributed by atoms with E-state index in [1.165, 1.54) is 13.2 Å². The van der Waals surface area contributed by atoms with Gasteiger partial charge in [-0.05, 0) is 6.07 Å². The van der Waals surface area contributed by atoms with Crippen molar-refractivity contribution in [3.8, 4) is 5.75 Å². The maximum atomic E-state index is 10.7. The topological polar surface area (TPSA) is 78.4 Å². The first-order chi connectivity index (χ1) is 6.60. The van der Waals surface area contributed by atoms with Crippen LogP contribution in [0.5, 0.6) is 5.75 Å². The number of methoxy groups -OCH3 is 1.